The van der Waals surface area contributed by atoms with Gasteiger partial charge in [-0.15, -0.1) is 0 Å². The summed E-state index contributed by atoms with van der Waals surface area (Å²) >= 11 is 5.37. The van der Waals surface area contributed by atoms with Crippen LogP contribution < -0.4 is 5.56 Å². The quantitative estimate of drug-likeness (QED) is 0.623. The first-order valence-corrected chi connectivity index (χ1v) is 4.87. The van der Waals surface area contributed by atoms with Gasteiger partial charge in [0.2, 0.25) is 0 Å². The summed E-state index contributed by atoms with van der Waals surface area (Å²) in [5.41, 5.74) is 0.754. The third-order valence-corrected chi connectivity index (χ3v) is 2.32. The number of pyridine rings is 1. The molecule has 0 atom stereocenters. The Labute approximate surface area is 80.3 Å². The molecule has 0 saturated carbocycles. The summed E-state index contributed by atoms with van der Waals surface area (Å²) in [7, 11) is 0. The lowest BCUT2D eigenvalue weighted by molar-refractivity contribution is 1.16. The predicted octanol–water partition coefficient (Wildman–Crippen LogP) is 1.87. The fourth-order valence-electron chi connectivity index (χ4n) is 0.600. The van der Waals surface area contributed by atoms with Crippen molar-refractivity contribution in [3.8, 4) is 0 Å². The molecule has 0 fully saturated rings. The first-order chi connectivity index (χ1) is 4.74. The first-order valence-electron chi connectivity index (χ1n) is 2.67. The van der Waals surface area contributed by atoms with Crippen LogP contribution in [-0.4, -0.2) is 4.98 Å². The molecule has 0 bridgehead atoms. The fourth-order valence-corrected chi connectivity index (χ4v) is 1.55. The van der Waals surface area contributed by atoms with Crippen molar-refractivity contribution in [2.24, 2.45) is 0 Å². The van der Waals surface area contributed by atoms with Crippen LogP contribution in [0, 0.1) is 3.57 Å². The lowest BCUT2D eigenvalue weighted by atomic mass is 10.3. The topological polar surface area (TPSA) is 32.9 Å². The highest BCUT2D eigenvalue weighted by atomic mass is 127. The summed E-state index contributed by atoms with van der Waals surface area (Å²) in [6, 6.07) is 1.86. The summed E-state index contributed by atoms with van der Waals surface area (Å²) in [5, 5.41) is 0.610. The SMILES string of the molecule is O=c1[nH]cc(I)cc1CBr. The summed E-state index contributed by atoms with van der Waals surface area (Å²) < 4.78 is 1.05. The zero-order valence-electron chi connectivity index (χ0n) is 5.03. The van der Waals surface area contributed by atoms with E-state index >= 15 is 0 Å². The van der Waals surface area contributed by atoms with Gasteiger partial charge in [-0.2, -0.15) is 0 Å². The Balaban J connectivity index is 3.22. The Morgan fingerprint density at radius 3 is 2.90 bits per heavy atom. The molecule has 10 heavy (non-hydrogen) atoms. The van der Waals surface area contributed by atoms with Crippen LogP contribution in [0.15, 0.2) is 17.1 Å². The van der Waals surface area contributed by atoms with Crippen LogP contribution in [0.5, 0.6) is 0 Å². The molecule has 0 amide bonds. The van der Waals surface area contributed by atoms with Gasteiger partial charge in [0.1, 0.15) is 0 Å². The van der Waals surface area contributed by atoms with Gasteiger partial charge in [-0.25, -0.2) is 0 Å². The van der Waals surface area contributed by atoms with E-state index in [2.05, 4.69) is 43.5 Å². The Hall–Kier alpha value is 0.160. The van der Waals surface area contributed by atoms with Crippen molar-refractivity contribution in [3.63, 3.8) is 0 Å². The molecule has 1 heterocycles. The van der Waals surface area contributed by atoms with E-state index in [9.17, 15) is 4.79 Å². The molecule has 54 valence electrons. The first kappa shape index (κ1) is 8.26. The minimum absolute atomic E-state index is 0.0164. The highest BCUT2D eigenvalue weighted by Gasteiger charge is 1.96. The number of H-pyrrole nitrogens is 1. The average molecular weight is 314 g/mol. The summed E-state index contributed by atoms with van der Waals surface area (Å²) in [4.78, 5) is 13.5. The maximum Gasteiger partial charge on any atom is 0.252 e. The predicted molar refractivity (Wildman–Crippen MR) is 52.4 cm³/mol. The molecule has 4 heteroatoms. The molecule has 2 nitrogen and oxygen atoms in total. The molecule has 1 N–H and O–H groups in total. The van der Waals surface area contributed by atoms with Gasteiger partial charge in [0.05, 0.1) is 0 Å². The lowest BCUT2D eigenvalue weighted by Gasteiger charge is -1.92. The number of aromatic amines is 1. The Kier molecular flexibility index (Phi) is 2.91. The maximum absolute atomic E-state index is 10.9. The molecule has 0 radical (unpaired) electrons. The third kappa shape index (κ3) is 1.82. The minimum atomic E-state index is -0.0164. The van der Waals surface area contributed by atoms with Crippen LogP contribution in [-0.2, 0) is 5.33 Å². The zero-order valence-corrected chi connectivity index (χ0v) is 8.77. The number of aromatic nitrogens is 1. The molecular weight excluding hydrogens is 309 g/mol. The number of hydrogen-bond acceptors (Lipinski definition) is 1. The number of alkyl halides is 1. The molecule has 0 aliphatic rings. The van der Waals surface area contributed by atoms with E-state index in [1.807, 2.05) is 6.07 Å². The van der Waals surface area contributed by atoms with E-state index in [0.29, 0.717) is 5.33 Å². The second-order valence-corrected chi connectivity index (χ2v) is 3.61. The van der Waals surface area contributed by atoms with E-state index in [1.165, 1.54) is 0 Å². The van der Waals surface area contributed by atoms with Crippen molar-refractivity contribution < 1.29 is 0 Å². The number of halogens is 2. The molecular formula is C6H5BrINO. The van der Waals surface area contributed by atoms with Gasteiger partial charge < -0.3 is 4.98 Å². The van der Waals surface area contributed by atoms with Crippen LogP contribution in [0.3, 0.4) is 0 Å². The van der Waals surface area contributed by atoms with E-state index in [0.717, 1.165) is 9.13 Å². The van der Waals surface area contributed by atoms with Crippen molar-refractivity contribution in [1.82, 2.24) is 4.98 Å². The molecule has 0 aromatic carbocycles. The highest BCUT2D eigenvalue weighted by Crippen LogP contribution is 2.04. The zero-order chi connectivity index (χ0) is 7.56. The third-order valence-electron chi connectivity index (χ3n) is 1.09. The van der Waals surface area contributed by atoms with Gasteiger partial charge in [-0.05, 0) is 28.7 Å². The molecule has 1 aromatic rings. The Morgan fingerprint density at radius 1 is 1.70 bits per heavy atom. The summed E-state index contributed by atoms with van der Waals surface area (Å²) in [6.07, 6.45) is 1.69. The Morgan fingerprint density at radius 2 is 2.40 bits per heavy atom. The van der Waals surface area contributed by atoms with Gasteiger partial charge in [0.15, 0.2) is 0 Å². The molecule has 0 spiro atoms. The molecule has 1 rings (SSSR count). The van der Waals surface area contributed by atoms with Gasteiger partial charge in [-0.1, -0.05) is 15.9 Å². The molecule has 0 aliphatic carbocycles. The van der Waals surface area contributed by atoms with Crippen molar-refractivity contribution in [1.29, 1.82) is 0 Å². The second-order valence-electron chi connectivity index (χ2n) is 1.81. The second kappa shape index (κ2) is 3.52. The number of hydrogen-bond donors (Lipinski definition) is 1. The standard InChI is InChI=1S/C6H5BrINO/c7-2-4-1-5(8)3-9-6(4)10/h1,3H,2H2,(H,9,10). The largest absolute Gasteiger partial charge is 0.328 e. The van der Waals surface area contributed by atoms with Crippen molar-refractivity contribution in [2.45, 2.75) is 5.33 Å². The lowest BCUT2D eigenvalue weighted by Crippen LogP contribution is -2.09. The molecule has 0 unspecified atom stereocenters. The van der Waals surface area contributed by atoms with Gasteiger partial charge in [0.25, 0.3) is 5.56 Å². The van der Waals surface area contributed by atoms with Crippen LogP contribution in [0.4, 0.5) is 0 Å². The van der Waals surface area contributed by atoms with Crippen LogP contribution in [0.25, 0.3) is 0 Å². The van der Waals surface area contributed by atoms with Crippen LogP contribution in [0.1, 0.15) is 5.56 Å². The van der Waals surface area contributed by atoms with Crippen LogP contribution >= 0.6 is 38.5 Å². The van der Waals surface area contributed by atoms with Gasteiger partial charge in [0, 0.05) is 20.7 Å². The smallest absolute Gasteiger partial charge is 0.252 e. The van der Waals surface area contributed by atoms with E-state index in [1.54, 1.807) is 6.20 Å². The molecule has 0 saturated heterocycles. The number of nitrogens with one attached hydrogen (secondary N) is 1. The molecule has 1 aromatic heterocycles. The van der Waals surface area contributed by atoms with Crippen LogP contribution in [0.2, 0.25) is 0 Å². The number of rotatable bonds is 1. The van der Waals surface area contributed by atoms with Crippen molar-refractivity contribution >= 4 is 38.5 Å². The normalized spacial score (nSPS) is 9.80. The van der Waals surface area contributed by atoms with Crippen molar-refractivity contribution in [2.75, 3.05) is 0 Å². The van der Waals surface area contributed by atoms with E-state index in [-0.39, 0.29) is 5.56 Å². The minimum Gasteiger partial charge on any atom is -0.328 e. The fraction of sp³-hybridized carbons (Fsp3) is 0.167. The monoisotopic (exact) mass is 313 g/mol. The van der Waals surface area contributed by atoms with Crippen molar-refractivity contribution in [3.05, 3.63) is 31.8 Å². The van der Waals surface area contributed by atoms with Gasteiger partial charge in [-0.3, -0.25) is 4.79 Å². The summed E-state index contributed by atoms with van der Waals surface area (Å²) in [5.74, 6) is 0. The highest BCUT2D eigenvalue weighted by molar-refractivity contribution is 14.1. The Bertz CT molecular complexity index is 283. The molecule has 0 aliphatic heterocycles. The van der Waals surface area contributed by atoms with E-state index in [4.69, 9.17) is 0 Å². The van der Waals surface area contributed by atoms with Gasteiger partial charge >= 0.3 is 0 Å². The maximum atomic E-state index is 10.9. The summed E-state index contributed by atoms with van der Waals surface area (Å²) in [6.45, 7) is 0. The average Bonchev–Trinajstić information content (AvgIpc) is 1.94. The van der Waals surface area contributed by atoms with E-state index < -0.39 is 0 Å².